The van der Waals surface area contributed by atoms with E-state index in [0.29, 0.717) is 0 Å². The summed E-state index contributed by atoms with van der Waals surface area (Å²) < 4.78 is 11.3. The minimum absolute atomic E-state index is 0.808. The number of hydrogen-bond donors (Lipinski definition) is 0. The van der Waals surface area contributed by atoms with Crippen molar-refractivity contribution >= 4 is 54.6 Å². The van der Waals surface area contributed by atoms with Crippen LogP contribution in [0.5, 0.6) is 0 Å². The first-order valence-electron chi connectivity index (χ1n) is 18.0. The van der Waals surface area contributed by atoms with Crippen molar-refractivity contribution in [2.24, 2.45) is 0 Å². The van der Waals surface area contributed by atoms with Crippen molar-refractivity contribution < 1.29 is 4.42 Å². The Bertz CT molecular complexity index is 2960. The minimum Gasteiger partial charge on any atom is -0.456 e. The fraction of sp³-hybridized carbons (Fsp3) is 0. The van der Waals surface area contributed by atoms with E-state index in [9.17, 15) is 0 Å². The molecule has 0 saturated carbocycles. The molecule has 0 aliphatic rings. The van der Waals surface area contributed by atoms with Crippen LogP contribution in [0.1, 0.15) is 0 Å². The third kappa shape index (κ3) is 4.59. The Balaban J connectivity index is 1.25. The molecular formula is C49H31N3O. The Labute approximate surface area is 305 Å². The second-order valence-electron chi connectivity index (χ2n) is 13.6. The van der Waals surface area contributed by atoms with Crippen LogP contribution in [0.15, 0.2) is 192 Å². The predicted octanol–water partition coefficient (Wildman–Crippen LogP) is 13.0. The summed E-state index contributed by atoms with van der Waals surface area (Å²) in [5.74, 6) is 0.808. The van der Waals surface area contributed by atoms with Crippen LogP contribution >= 0.6 is 0 Å². The summed E-state index contributed by atoms with van der Waals surface area (Å²) in [7, 11) is 0. The molecule has 0 aliphatic carbocycles. The largest absolute Gasteiger partial charge is 0.456 e. The summed E-state index contributed by atoms with van der Waals surface area (Å²) in [4.78, 5) is 5.60. The van der Waals surface area contributed by atoms with Gasteiger partial charge in [-0.15, -0.1) is 0 Å². The molecule has 0 radical (unpaired) electrons. The number of furan rings is 1. The number of nitrogens with zero attached hydrogens (tertiary/aromatic N) is 3. The van der Waals surface area contributed by atoms with Gasteiger partial charge in [0.05, 0.1) is 33.5 Å². The molecule has 0 amide bonds. The van der Waals surface area contributed by atoms with Crippen LogP contribution in [-0.4, -0.2) is 14.1 Å². The van der Waals surface area contributed by atoms with Gasteiger partial charge in [0.2, 0.25) is 0 Å². The van der Waals surface area contributed by atoms with E-state index in [0.717, 1.165) is 78.2 Å². The summed E-state index contributed by atoms with van der Waals surface area (Å²) in [6.45, 7) is 0. The lowest BCUT2D eigenvalue weighted by Crippen LogP contribution is -1.98. The van der Waals surface area contributed by atoms with Gasteiger partial charge in [-0.05, 0) is 60.7 Å². The maximum Gasteiger partial charge on any atom is 0.135 e. The highest BCUT2D eigenvalue weighted by molar-refractivity contribution is 6.15. The topological polar surface area (TPSA) is 35.9 Å². The van der Waals surface area contributed by atoms with Crippen molar-refractivity contribution in [3.63, 3.8) is 0 Å². The van der Waals surface area contributed by atoms with Crippen LogP contribution in [-0.2, 0) is 0 Å². The number of para-hydroxylation sites is 7. The molecule has 11 aromatic rings. The number of pyridine rings is 1. The molecule has 0 bridgehead atoms. The van der Waals surface area contributed by atoms with Crippen LogP contribution in [0, 0.1) is 0 Å². The summed E-state index contributed by atoms with van der Waals surface area (Å²) in [6.07, 6.45) is 0. The van der Waals surface area contributed by atoms with E-state index >= 15 is 0 Å². The van der Waals surface area contributed by atoms with E-state index in [1.165, 1.54) is 21.5 Å². The average Bonchev–Trinajstić information content (AvgIpc) is 3.92. The number of hydrogen-bond acceptors (Lipinski definition) is 2. The molecule has 0 fully saturated rings. The third-order valence-corrected chi connectivity index (χ3v) is 10.5. The minimum atomic E-state index is 0.808. The summed E-state index contributed by atoms with van der Waals surface area (Å²) in [6, 6.07) is 66.5. The SMILES string of the molecule is c1ccc(-n2c3ccccc3c3cccc(-c4cc(-c5cc6ccccc6o5)cc(-c5cccc6c7ccccc7n(-c7ccccc7)c56)n4)c32)cc1. The van der Waals surface area contributed by atoms with E-state index in [1.54, 1.807) is 0 Å². The third-order valence-electron chi connectivity index (χ3n) is 10.5. The normalized spacial score (nSPS) is 11.8. The molecule has 53 heavy (non-hydrogen) atoms. The number of aromatic nitrogens is 3. The first kappa shape index (κ1) is 29.5. The van der Waals surface area contributed by atoms with Crippen LogP contribution in [0.2, 0.25) is 0 Å². The van der Waals surface area contributed by atoms with Gasteiger partial charge in [0.15, 0.2) is 0 Å². The molecular weight excluding hydrogens is 647 g/mol. The zero-order valence-corrected chi connectivity index (χ0v) is 28.6. The molecule has 0 N–H and O–H groups in total. The maximum atomic E-state index is 6.55. The Kier molecular flexibility index (Phi) is 6.52. The summed E-state index contributed by atoms with van der Waals surface area (Å²) in [5.41, 5.74) is 12.5. The van der Waals surface area contributed by atoms with Gasteiger partial charge < -0.3 is 13.6 Å². The quantitative estimate of drug-likeness (QED) is 0.182. The Morgan fingerprint density at radius 1 is 0.396 bits per heavy atom. The molecule has 4 heterocycles. The van der Waals surface area contributed by atoms with Crippen LogP contribution in [0.4, 0.5) is 0 Å². The monoisotopic (exact) mass is 677 g/mol. The van der Waals surface area contributed by atoms with Crippen molar-refractivity contribution in [2.45, 2.75) is 0 Å². The summed E-state index contributed by atoms with van der Waals surface area (Å²) >= 11 is 0. The van der Waals surface area contributed by atoms with E-state index in [2.05, 4.69) is 185 Å². The molecule has 248 valence electrons. The van der Waals surface area contributed by atoms with Crippen molar-refractivity contribution in [3.8, 4) is 45.2 Å². The van der Waals surface area contributed by atoms with Gasteiger partial charge in [-0.1, -0.05) is 127 Å². The molecule has 0 spiro atoms. The second kappa shape index (κ2) is 11.7. The first-order valence-corrected chi connectivity index (χ1v) is 18.0. The van der Waals surface area contributed by atoms with E-state index in [-0.39, 0.29) is 0 Å². The predicted molar refractivity (Wildman–Crippen MR) is 219 cm³/mol. The number of rotatable bonds is 5. The highest BCUT2D eigenvalue weighted by Crippen LogP contribution is 2.42. The number of fused-ring (bicyclic) bond motifs is 7. The van der Waals surface area contributed by atoms with Crippen LogP contribution in [0.3, 0.4) is 0 Å². The molecule has 0 saturated heterocycles. The van der Waals surface area contributed by atoms with Crippen LogP contribution in [0.25, 0.3) is 99.8 Å². The van der Waals surface area contributed by atoms with Crippen molar-refractivity contribution in [2.75, 3.05) is 0 Å². The van der Waals surface area contributed by atoms with E-state index < -0.39 is 0 Å². The summed E-state index contributed by atoms with van der Waals surface area (Å²) in [5, 5.41) is 5.86. The molecule has 4 heteroatoms. The lowest BCUT2D eigenvalue weighted by atomic mass is 10.00. The van der Waals surface area contributed by atoms with Gasteiger partial charge in [0.1, 0.15) is 11.3 Å². The van der Waals surface area contributed by atoms with Crippen molar-refractivity contribution in [1.29, 1.82) is 0 Å². The molecule has 4 aromatic heterocycles. The molecule has 0 aliphatic heterocycles. The zero-order valence-electron chi connectivity index (χ0n) is 28.6. The highest BCUT2D eigenvalue weighted by atomic mass is 16.3. The first-order chi connectivity index (χ1) is 26.3. The fourth-order valence-electron chi connectivity index (χ4n) is 8.21. The molecule has 11 rings (SSSR count). The lowest BCUT2D eigenvalue weighted by Gasteiger charge is -2.15. The molecule has 7 aromatic carbocycles. The van der Waals surface area contributed by atoms with Crippen LogP contribution < -0.4 is 0 Å². The maximum absolute atomic E-state index is 6.55. The van der Waals surface area contributed by atoms with Crippen molar-refractivity contribution in [3.05, 3.63) is 188 Å². The standard InChI is InChI=1S/C49H31N3O/c1-3-16-34(17-4-1)51-44-26-10-8-20-36(44)38-22-13-24-40(48(38)51)42-29-33(47-31-32-15-7-12-28-46(32)53-47)30-43(50-42)41-25-14-23-39-37-21-9-11-27-45(37)52(49(39)41)35-18-5-2-6-19-35/h1-31H. The van der Waals surface area contributed by atoms with Gasteiger partial charge in [0.25, 0.3) is 0 Å². The van der Waals surface area contributed by atoms with Gasteiger partial charge in [0, 0.05) is 55.0 Å². The molecule has 0 atom stereocenters. The Morgan fingerprint density at radius 2 is 0.868 bits per heavy atom. The van der Waals surface area contributed by atoms with Gasteiger partial charge in [-0.3, -0.25) is 0 Å². The second-order valence-corrected chi connectivity index (χ2v) is 13.6. The van der Waals surface area contributed by atoms with E-state index in [4.69, 9.17) is 9.40 Å². The van der Waals surface area contributed by atoms with Gasteiger partial charge in [-0.2, -0.15) is 0 Å². The highest BCUT2D eigenvalue weighted by Gasteiger charge is 2.22. The molecule has 4 nitrogen and oxygen atoms in total. The van der Waals surface area contributed by atoms with E-state index in [1.807, 2.05) is 12.1 Å². The Hall–Kier alpha value is -7.17. The fourth-order valence-corrected chi connectivity index (χ4v) is 8.21. The zero-order chi connectivity index (χ0) is 34.9. The van der Waals surface area contributed by atoms with Crippen molar-refractivity contribution in [1.82, 2.24) is 14.1 Å². The smallest absolute Gasteiger partial charge is 0.135 e. The van der Waals surface area contributed by atoms with Gasteiger partial charge in [-0.25, -0.2) is 4.98 Å². The molecule has 0 unspecified atom stereocenters. The lowest BCUT2D eigenvalue weighted by molar-refractivity contribution is 0.631. The van der Waals surface area contributed by atoms with Gasteiger partial charge >= 0.3 is 0 Å². The Morgan fingerprint density at radius 3 is 1.42 bits per heavy atom. The number of benzene rings is 7. The average molecular weight is 678 g/mol.